The van der Waals surface area contributed by atoms with E-state index in [4.69, 9.17) is 4.74 Å². The van der Waals surface area contributed by atoms with Gasteiger partial charge in [-0.15, -0.1) is 0 Å². The Hall–Kier alpha value is -2.04. The van der Waals surface area contributed by atoms with Crippen molar-refractivity contribution in [3.05, 3.63) is 29.8 Å². The van der Waals surface area contributed by atoms with E-state index in [9.17, 15) is 4.79 Å². The second-order valence-corrected chi connectivity index (χ2v) is 3.20. The second-order valence-electron chi connectivity index (χ2n) is 3.20. The van der Waals surface area contributed by atoms with Gasteiger partial charge in [0.15, 0.2) is 0 Å². The van der Waals surface area contributed by atoms with Crippen LogP contribution in [-0.2, 0) is 11.2 Å². The SMILES string of the molecule is CCOC(=O)N/N=C/Cc1ccc(OC)cc1. The minimum Gasteiger partial charge on any atom is -0.497 e. The number of methoxy groups -OCH3 is 1. The number of nitrogens with zero attached hydrogens (tertiary/aromatic N) is 1. The summed E-state index contributed by atoms with van der Waals surface area (Å²) in [5.41, 5.74) is 3.34. The van der Waals surface area contributed by atoms with Gasteiger partial charge in [-0.2, -0.15) is 5.10 Å². The average Bonchev–Trinajstić information content (AvgIpc) is 2.36. The smallest absolute Gasteiger partial charge is 0.427 e. The number of amides is 1. The topological polar surface area (TPSA) is 59.9 Å². The lowest BCUT2D eigenvalue weighted by molar-refractivity contribution is 0.152. The van der Waals surface area contributed by atoms with Crippen LogP contribution in [0.3, 0.4) is 0 Å². The number of rotatable bonds is 5. The molecule has 92 valence electrons. The van der Waals surface area contributed by atoms with Gasteiger partial charge in [0.2, 0.25) is 0 Å². The fraction of sp³-hybridized carbons (Fsp3) is 0.333. The molecule has 5 heteroatoms. The van der Waals surface area contributed by atoms with Gasteiger partial charge in [-0.05, 0) is 24.6 Å². The molecule has 1 rings (SSSR count). The Kier molecular flexibility index (Phi) is 5.57. The quantitative estimate of drug-likeness (QED) is 0.628. The molecule has 0 bridgehead atoms. The van der Waals surface area contributed by atoms with Crippen molar-refractivity contribution in [3.63, 3.8) is 0 Å². The second kappa shape index (κ2) is 7.27. The predicted molar refractivity (Wildman–Crippen MR) is 65.3 cm³/mol. The van der Waals surface area contributed by atoms with Crippen LogP contribution in [0, 0.1) is 0 Å². The highest BCUT2D eigenvalue weighted by Gasteiger charge is 1.95. The van der Waals surface area contributed by atoms with Gasteiger partial charge in [-0.3, -0.25) is 0 Å². The summed E-state index contributed by atoms with van der Waals surface area (Å²) in [4.78, 5) is 10.9. The Morgan fingerprint density at radius 1 is 1.41 bits per heavy atom. The lowest BCUT2D eigenvalue weighted by Gasteiger charge is -2.01. The number of carbonyl (C=O) groups excluding carboxylic acids is 1. The van der Waals surface area contributed by atoms with E-state index in [1.165, 1.54) is 0 Å². The summed E-state index contributed by atoms with van der Waals surface area (Å²) in [6.45, 7) is 2.07. The number of carbonyl (C=O) groups is 1. The first kappa shape index (κ1) is 13.0. The van der Waals surface area contributed by atoms with Crippen LogP contribution < -0.4 is 10.2 Å². The van der Waals surface area contributed by atoms with Crippen molar-refractivity contribution in [3.8, 4) is 5.75 Å². The third-order valence-electron chi connectivity index (χ3n) is 2.01. The highest BCUT2D eigenvalue weighted by atomic mass is 16.5. The number of hydrazone groups is 1. The molecule has 0 unspecified atom stereocenters. The zero-order valence-corrected chi connectivity index (χ0v) is 9.97. The van der Waals surface area contributed by atoms with Crippen molar-refractivity contribution in [2.45, 2.75) is 13.3 Å². The van der Waals surface area contributed by atoms with Crippen LogP contribution >= 0.6 is 0 Å². The van der Waals surface area contributed by atoms with Crippen molar-refractivity contribution in [2.24, 2.45) is 5.10 Å². The van der Waals surface area contributed by atoms with Gasteiger partial charge in [0, 0.05) is 12.6 Å². The molecule has 1 aromatic rings. The minimum atomic E-state index is -0.543. The first-order chi connectivity index (χ1) is 8.26. The summed E-state index contributed by atoms with van der Waals surface area (Å²) in [5.74, 6) is 0.815. The lowest BCUT2D eigenvalue weighted by atomic mass is 10.2. The molecule has 0 radical (unpaired) electrons. The predicted octanol–water partition coefficient (Wildman–Crippen LogP) is 1.97. The Morgan fingerprint density at radius 3 is 2.71 bits per heavy atom. The fourth-order valence-electron chi connectivity index (χ4n) is 1.17. The van der Waals surface area contributed by atoms with Gasteiger partial charge in [-0.25, -0.2) is 10.2 Å². The maximum Gasteiger partial charge on any atom is 0.427 e. The highest BCUT2D eigenvalue weighted by molar-refractivity contribution is 5.69. The Balaban J connectivity index is 2.34. The minimum absolute atomic E-state index is 0.333. The summed E-state index contributed by atoms with van der Waals surface area (Å²) in [6.07, 6.45) is 1.70. The number of hydrogen-bond acceptors (Lipinski definition) is 4. The van der Waals surface area contributed by atoms with Gasteiger partial charge in [-0.1, -0.05) is 12.1 Å². The van der Waals surface area contributed by atoms with Gasteiger partial charge >= 0.3 is 6.09 Å². The molecule has 0 fully saturated rings. The molecule has 0 atom stereocenters. The van der Waals surface area contributed by atoms with E-state index in [0.29, 0.717) is 13.0 Å². The Labute approximate surface area is 100 Å². The van der Waals surface area contributed by atoms with Crippen LogP contribution in [-0.4, -0.2) is 26.0 Å². The summed E-state index contributed by atoms with van der Waals surface area (Å²) >= 11 is 0. The van der Waals surface area contributed by atoms with Crippen molar-refractivity contribution < 1.29 is 14.3 Å². The molecule has 5 nitrogen and oxygen atoms in total. The van der Waals surface area contributed by atoms with E-state index in [1.807, 2.05) is 24.3 Å². The van der Waals surface area contributed by atoms with E-state index < -0.39 is 6.09 Å². The number of benzene rings is 1. The van der Waals surface area contributed by atoms with Crippen LogP contribution in [0.4, 0.5) is 4.79 Å². The van der Waals surface area contributed by atoms with E-state index in [2.05, 4.69) is 15.3 Å². The highest BCUT2D eigenvalue weighted by Crippen LogP contribution is 2.10. The maximum atomic E-state index is 10.9. The average molecular weight is 236 g/mol. The molecule has 1 N–H and O–H groups in total. The first-order valence-corrected chi connectivity index (χ1v) is 5.33. The molecule has 0 aliphatic heterocycles. The van der Waals surface area contributed by atoms with Gasteiger partial charge in [0.25, 0.3) is 0 Å². The zero-order chi connectivity index (χ0) is 12.5. The van der Waals surface area contributed by atoms with Crippen LogP contribution in [0.15, 0.2) is 29.4 Å². The van der Waals surface area contributed by atoms with E-state index in [0.717, 1.165) is 11.3 Å². The van der Waals surface area contributed by atoms with Gasteiger partial charge < -0.3 is 9.47 Å². The molecular weight excluding hydrogens is 220 g/mol. The maximum absolute atomic E-state index is 10.9. The molecule has 0 saturated heterocycles. The number of ether oxygens (including phenoxy) is 2. The van der Waals surface area contributed by atoms with Crippen molar-refractivity contribution in [2.75, 3.05) is 13.7 Å². The van der Waals surface area contributed by atoms with E-state index in [1.54, 1.807) is 20.2 Å². The van der Waals surface area contributed by atoms with E-state index in [-0.39, 0.29) is 0 Å². The molecule has 0 saturated carbocycles. The van der Waals surface area contributed by atoms with Crippen LogP contribution in [0.5, 0.6) is 5.75 Å². The zero-order valence-electron chi connectivity index (χ0n) is 9.97. The Morgan fingerprint density at radius 2 is 2.12 bits per heavy atom. The molecule has 17 heavy (non-hydrogen) atoms. The van der Waals surface area contributed by atoms with Crippen LogP contribution in [0.2, 0.25) is 0 Å². The van der Waals surface area contributed by atoms with Crippen molar-refractivity contribution in [1.82, 2.24) is 5.43 Å². The third kappa shape index (κ3) is 5.01. The number of hydrogen-bond donors (Lipinski definition) is 1. The van der Waals surface area contributed by atoms with Gasteiger partial charge in [0.05, 0.1) is 13.7 Å². The molecule has 1 amide bonds. The summed E-state index contributed by atoms with van der Waals surface area (Å²) < 4.78 is 9.69. The number of nitrogens with one attached hydrogen (secondary N) is 1. The molecule has 0 aliphatic carbocycles. The van der Waals surface area contributed by atoms with Crippen LogP contribution in [0.25, 0.3) is 0 Å². The summed E-state index contributed by atoms with van der Waals surface area (Å²) in [7, 11) is 1.62. The molecule has 0 heterocycles. The molecule has 1 aromatic carbocycles. The van der Waals surface area contributed by atoms with E-state index >= 15 is 0 Å². The monoisotopic (exact) mass is 236 g/mol. The van der Waals surface area contributed by atoms with Crippen LogP contribution in [0.1, 0.15) is 12.5 Å². The Bertz CT molecular complexity index is 374. The third-order valence-corrected chi connectivity index (χ3v) is 2.01. The first-order valence-electron chi connectivity index (χ1n) is 5.33. The molecule has 0 aromatic heterocycles. The fourth-order valence-corrected chi connectivity index (χ4v) is 1.17. The molecular formula is C12H16N2O3. The molecule has 0 aliphatic rings. The van der Waals surface area contributed by atoms with Crippen molar-refractivity contribution >= 4 is 12.3 Å². The largest absolute Gasteiger partial charge is 0.497 e. The van der Waals surface area contributed by atoms with Crippen molar-refractivity contribution in [1.29, 1.82) is 0 Å². The normalized spacial score (nSPS) is 10.2. The van der Waals surface area contributed by atoms with Gasteiger partial charge in [0.1, 0.15) is 5.75 Å². The summed E-state index contributed by atoms with van der Waals surface area (Å²) in [6, 6.07) is 7.63. The molecule has 0 spiro atoms. The summed E-state index contributed by atoms with van der Waals surface area (Å²) in [5, 5.41) is 3.75. The lowest BCUT2D eigenvalue weighted by Crippen LogP contribution is -2.18. The standard InChI is InChI=1S/C12H16N2O3/c1-3-17-12(15)14-13-9-8-10-4-6-11(16-2)7-5-10/h4-7,9H,3,8H2,1-2H3,(H,14,15)/b13-9+.